The van der Waals surface area contributed by atoms with Crippen LogP contribution in [0.5, 0.6) is 0 Å². The molecule has 2 aromatic heterocycles. The van der Waals surface area contributed by atoms with Crippen molar-refractivity contribution in [2.45, 2.75) is 0 Å². The second kappa shape index (κ2) is 4.44. The summed E-state index contributed by atoms with van der Waals surface area (Å²) >= 11 is 0. The van der Waals surface area contributed by atoms with Gasteiger partial charge in [0.25, 0.3) is 0 Å². The number of aryl methyl sites for hydroxylation is 1. The summed E-state index contributed by atoms with van der Waals surface area (Å²) in [5.41, 5.74) is 7.36. The van der Waals surface area contributed by atoms with Crippen molar-refractivity contribution in [1.29, 1.82) is 0 Å². The number of benzene rings is 1. The van der Waals surface area contributed by atoms with Crippen LogP contribution in [0, 0.1) is 11.6 Å². The number of aromatic nitrogens is 3. The summed E-state index contributed by atoms with van der Waals surface area (Å²) in [4.78, 5) is 0. The molecule has 0 aliphatic carbocycles. The van der Waals surface area contributed by atoms with Crippen LogP contribution in [0.4, 0.5) is 14.7 Å². The van der Waals surface area contributed by atoms with E-state index in [-0.39, 0.29) is 11.4 Å². The summed E-state index contributed by atoms with van der Waals surface area (Å²) < 4.78 is 33.2. The molecule has 0 fully saturated rings. The van der Waals surface area contributed by atoms with E-state index in [4.69, 9.17) is 10.3 Å². The highest BCUT2D eigenvalue weighted by atomic mass is 19.1. The molecule has 20 heavy (non-hydrogen) atoms. The van der Waals surface area contributed by atoms with Crippen molar-refractivity contribution >= 4 is 5.88 Å². The maximum atomic E-state index is 13.3. The second-order valence-corrected chi connectivity index (χ2v) is 4.33. The zero-order valence-electron chi connectivity index (χ0n) is 10.5. The fourth-order valence-corrected chi connectivity index (χ4v) is 2.02. The Morgan fingerprint density at radius 1 is 1.15 bits per heavy atom. The number of anilines is 1. The van der Waals surface area contributed by atoms with Gasteiger partial charge in [-0.3, -0.25) is 4.68 Å². The molecule has 0 bridgehead atoms. The molecule has 0 aliphatic rings. The molecule has 0 aliphatic heterocycles. The van der Waals surface area contributed by atoms with Crippen LogP contribution in [0.25, 0.3) is 22.4 Å². The van der Waals surface area contributed by atoms with Crippen molar-refractivity contribution in [1.82, 2.24) is 14.9 Å². The van der Waals surface area contributed by atoms with E-state index >= 15 is 0 Å². The van der Waals surface area contributed by atoms with Gasteiger partial charge in [0.15, 0.2) is 0 Å². The van der Waals surface area contributed by atoms with E-state index in [0.717, 1.165) is 6.07 Å². The van der Waals surface area contributed by atoms with Gasteiger partial charge in [-0.1, -0.05) is 5.16 Å². The quantitative estimate of drug-likeness (QED) is 0.781. The Bertz CT molecular complexity index is 758. The number of nitrogens with two attached hydrogens (primary N) is 1. The molecule has 0 saturated carbocycles. The van der Waals surface area contributed by atoms with Crippen molar-refractivity contribution in [3.63, 3.8) is 0 Å². The number of hydrogen-bond donors (Lipinski definition) is 1. The van der Waals surface area contributed by atoms with Crippen LogP contribution in [0.1, 0.15) is 0 Å². The van der Waals surface area contributed by atoms with Crippen molar-refractivity contribution in [2.75, 3.05) is 5.73 Å². The van der Waals surface area contributed by atoms with E-state index in [1.807, 2.05) is 0 Å². The first-order chi connectivity index (χ1) is 9.54. The highest BCUT2D eigenvalue weighted by Gasteiger charge is 2.19. The average Bonchev–Trinajstić information content (AvgIpc) is 2.94. The molecule has 102 valence electrons. The lowest BCUT2D eigenvalue weighted by Gasteiger charge is -2.02. The Labute approximate surface area is 112 Å². The molecule has 0 atom stereocenters. The van der Waals surface area contributed by atoms with Crippen LogP contribution in [-0.4, -0.2) is 14.9 Å². The first-order valence-corrected chi connectivity index (χ1v) is 5.75. The number of rotatable bonds is 2. The molecule has 3 rings (SSSR count). The van der Waals surface area contributed by atoms with Crippen molar-refractivity contribution < 1.29 is 13.3 Å². The van der Waals surface area contributed by atoms with E-state index in [1.54, 1.807) is 24.1 Å². The summed E-state index contributed by atoms with van der Waals surface area (Å²) in [6.07, 6.45) is 3.27. The summed E-state index contributed by atoms with van der Waals surface area (Å²) in [5, 5.41) is 7.85. The first-order valence-electron chi connectivity index (χ1n) is 5.75. The predicted octanol–water partition coefficient (Wildman–Crippen LogP) is 2.60. The molecule has 0 saturated heterocycles. The monoisotopic (exact) mass is 276 g/mol. The average molecular weight is 276 g/mol. The Kier molecular flexibility index (Phi) is 2.74. The van der Waals surface area contributed by atoms with E-state index in [2.05, 4.69) is 10.3 Å². The molecule has 0 amide bonds. The van der Waals surface area contributed by atoms with Crippen LogP contribution in [-0.2, 0) is 7.05 Å². The fraction of sp³-hybridized carbons (Fsp3) is 0.0769. The highest BCUT2D eigenvalue weighted by molar-refractivity contribution is 5.86. The molecule has 1 aromatic carbocycles. The van der Waals surface area contributed by atoms with Crippen LogP contribution in [0.2, 0.25) is 0 Å². The molecule has 2 heterocycles. The summed E-state index contributed by atoms with van der Waals surface area (Å²) in [6.45, 7) is 0. The summed E-state index contributed by atoms with van der Waals surface area (Å²) in [7, 11) is 1.74. The maximum Gasteiger partial charge on any atom is 0.230 e. The van der Waals surface area contributed by atoms with Crippen LogP contribution >= 0.6 is 0 Å². The lowest BCUT2D eigenvalue weighted by molar-refractivity contribution is 0.439. The van der Waals surface area contributed by atoms with Crippen LogP contribution < -0.4 is 5.73 Å². The molecule has 0 radical (unpaired) electrons. The first kappa shape index (κ1) is 12.3. The van der Waals surface area contributed by atoms with Gasteiger partial charge in [-0.05, 0) is 17.7 Å². The van der Waals surface area contributed by atoms with Gasteiger partial charge in [0, 0.05) is 24.9 Å². The van der Waals surface area contributed by atoms with Gasteiger partial charge in [-0.25, -0.2) is 8.78 Å². The third kappa shape index (κ3) is 2.03. The molecule has 3 aromatic rings. The summed E-state index contributed by atoms with van der Waals surface area (Å²) in [5.74, 6) is -1.40. The number of halogens is 2. The minimum atomic E-state index is -0.697. The molecule has 2 N–H and O–H groups in total. The highest BCUT2D eigenvalue weighted by Crippen LogP contribution is 2.36. The van der Waals surface area contributed by atoms with E-state index < -0.39 is 11.6 Å². The fourth-order valence-electron chi connectivity index (χ4n) is 2.02. The molecule has 0 spiro atoms. The number of nitrogen functional groups attached to an aromatic ring is 1. The number of hydrogen-bond acceptors (Lipinski definition) is 4. The van der Waals surface area contributed by atoms with E-state index in [9.17, 15) is 8.78 Å². The van der Waals surface area contributed by atoms with E-state index in [0.29, 0.717) is 16.8 Å². The lowest BCUT2D eigenvalue weighted by Crippen LogP contribution is -1.90. The minimum Gasteiger partial charge on any atom is -0.367 e. The molecular formula is C13H10F2N4O. The molecule has 7 heteroatoms. The lowest BCUT2D eigenvalue weighted by atomic mass is 10.0. The van der Waals surface area contributed by atoms with Crippen molar-refractivity contribution in [3.8, 4) is 22.4 Å². The smallest absolute Gasteiger partial charge is 0.230 e. The number of nitrogens with zero attached hydrogens (tertiary/aromatic N) is 3. The zero-order chi connectivity index (χ0) is 14.3. The van der Waals surface area contributed by atoms with Crippen molar-refractivity contribution in [2.24, 2.45) is 7.05 Å². The molecular weight excluding hydrogens is 266 g/mol. The second-order valence-electron chi connectivity index (χ2n) is 4.33. The van der Waals surface area contributed by atoms with Gasteiger partial charge in [0.1, 0.15) is 17.3 Å². The predicted molar refractivity (Wildman–Crippen MR) is 68.5 cm³/mol. The van der Waals surface area contributed by atoms with Gasteiger partial charge < -0.3 is 10.3 Å². The van der Waals surface area contributed by atoms with Crippen LogP contribution in [0.15, 0.2) is 35.1 Å². The van der Waals surface area contributed by atoms with Gasteiger partial charge in [-0.15, -0.1) is 0 Å². The Balaban J connectivity index is 2.21. The maximum absolute atomic E-state index is 13.3. The third-order valence-corrected chi connectivity index (χ3v) is 2.85. The normalized spacial score (nSPS) is 10.9. The largest absolute Gasteiger partial charge is 0.367 e. The van der Waals surface area contributed by atoms with Gasteiger partial charge in [-0.2, -0.15) is 5.10 Å². The third-order valence-electron chi connectivity index (χ3n) is 2.85. The Morgan fingerprint density at radius 3 is 2.45 bits per heavy atom. The Morgan fingerprint density at radius 2 is 1.85 bits per heavy atom. The minimum absolute atomic E-state index is 0.00569. The Hall–Kier alpha value is -2.70. The van der Waals surface area contributed by atoms with Crippen LogP contribution in [0.3, 0.4) is 0 Å². The van der Waals surface area contributed by atoms with Gasteiger partial charge >= 0.3 is 0 Å². The molecule has 0 unspecified atom stereocenters. The van der Waals surface area contributed by atoms with Gasteiger partial charge in [0.2, 0.25) is 5.88 Å². The standard InChI is InChI=1S/C13H10F2N4O/c1-19-6-8(5-17-19)12-11(13(16)20-18-12)7-2-9(14)4-10(15)3-7/h2-6H,16H2,1H3. The van der Waals surface area contributed by atoms with Gasteiger partial charge in [0.05, 0.1) is 11.8 Å². The molecule has 5 nitrogen and oxygen atoms in total. The SMILES string of the molecule is Cn1cc(-c2noc(N)c2-c2cc(F)cc(F)c2)cn1. The van der Waals surface area contributed by atoms with Crippen molar-refractivity contribution in [3.05, 3.63) is 42.2 Å². The topological polar surface area (TPSA) is 69.9 Å². The van der Waals surface area contributed by atoms with E-state index in [1.165, 1.54) is 12.1 Å². The zero-order valence-corrected chi connectivity index (χ0v) is 10.5. The summed E-state index contributed by atoms with van der Waals surface area (Å²) in [6, 6.07) is 3.13.